The molecule has 0 aromatic heterocycles. The van der Waals surface area contributed by atoms with Gasteiger partial charge in [0.25, 0.3) is 0 Å². The lowest BCUT2D eigenvalue weighted by Gasteiger charge is -2.28. The molecule has 4 nitrogen and oxygen atoms in total. The van der Waals surface area contributed by atoms with Crippen molar-refractivity contribution in [3.05, 3.63) is 29.8 Å². The van der Waals surface area contributed by atoms with Gasteiger partial charge in [0.05, 0.1) is 5.56 Å². The molecule has 0 amide bonds. The summed E-state index contributed by atoms with van der Waals surface area (Å²) in [6.45, 7) is -0.752. The molecule has 1 aromatic rings. The second-order valence-electron chi connectivity index (χ2n) is 3.72. The molecule has 0 atom stereocenters. The number of rotatable bonds is 1. The van der Waals surface area contributed by atoms with Gasteiger partial charge in [-0.1, -0.05) is 12.1 Å². The third-order valence-electron chi connectivity index (χ3n) is 2.42. The van der Waals surface area contributed by atoms with E-state index in [0.29, 0.717) is 0 Å². The molecule has 0 bridgehead atoms. The van der Waals surface area contributed by atoms with Crippen LogP contribution in [0.2, 0.25) is 0 Å². The maximum Gasteiger partial charge on any atom is 0.418 e. The minimum Gasteiger partial charge on any atom is -0.390 e. The third-order valence-corrected chi connectivity index (χ3v) is 2.42. The molecule has 0 saturated carbocycles. The first-order valence-corrected chi connectivity index (χ1v) is 5.02. The number of esters is 2. The lowest BCUT2D eigenvalue weighted by molar-refractivity contribution is -0.160. The molecule has 0 unspecified atom stereocenters. The minimum atomic E-state index is -4.54. The van der Waals surface area contributed by atoms with E-state index in [-0.39, 0.29) is 18.8 Å². The van der Waals surface area contributed by atoms with Gasteiger partial charge < -0.3 is 9.64 Å². The Kier molecular flexibility index (Phi) is 2.98. The van der Waals surface area contributed by atoms with E-state index in [0.717, 1.165) is 11.0 Å². The van der Waals surface area contributed by atoms with E-state index >= 15 is 0 Å². The SMILES string of the molecule is O=C1CN(c2ccccc2C(F)(F)F)CC(=O)O1. The van der Waals surface area contributed by atoms with Crippen molar-refractivity contribution in [2.45, 2.75) is 6.18 Å². The molecule has 0 aliphatic carbocycles. The van der Waals surface area contributed by atoms with E-state index < -0.39 is 23.7 Å². The second kappa shape index (κ2) is 4.32. The van der Waals surface area contributed by atoms with Crippen molar-refractivity contribution in [3.63, 3.8) is 0 Å². The van der Waals surface area contributed by atoms with Crippen LogP contribution in [0.25, 0.3) is 0 Å². The summed E-state index contributed by atoms with van der Waals surface area (Å²) in [7, 11) is 0. The number of cyclic esters (lactones) is 2. The summed E-state index contributed by atoms with van der Waals surface area (Å²) in [6.07, 6.45) is -4.54. The van der Waals surface area contributed by atoms with Gasteiger partial charge in [-0.2, -0.15) is 13.2 Å². The molecule has 1 aliphatic heterocycles. The summed E-state index contributed by atoms with van der Waals surface area (Å²) < 4.78 is 42.6. The van der Waals surface area contributed by atoms with Gasteiger partial charge in [-0.05, 0) is 12.1 Å². The summed E-state index contributed by atoms with van der Waals surface area (Å²) >= 11 is 0. The zero-order valence-corrected chi connectivity index (χ0v) is 9.03. The quantitative estimate of drug-likeness (QED) is 0.567. The fraction of sp³-hybridized carbons (Fsp3) is 0.273. The van der Waals surface area contributed by atoms with Crippen LogP contribution in [0.3, 0.4) is 0 Å². The molecule has 2 rings (SSSR count). The Labute approximate surface area is 99.9 Å². The first kappa shape index (κ1) is 12.4. The highest BCUT2D eigenvalue weighted by Crippen LogP contribution is 2.36. The van der Waals surface area contributed by atoms with Crippen LogP contribution in [0.1, 0.15) is 5.56 Å². The molecule has 0 N–H and O–H groups in total. The monoisotopic (exact) mass is 259 g/mol. The molecule has 1 aliphatic rings. The Morgan fingerprint density at radius 3 is 2.17 bits per heavy atom. The Morgan fingerprint density at radius 1 is 1.06 bits per heavy atom. The second-order valence-corrected chi connectivity index (χ2v) is 3.72. The van der Waals surface area contributed by atoms with Crippen molar-refractivity contribution in [2.24, 2.45) is 0 Å². The highest BCUT2D eigenvalue weighted by atomic mass is 19.4. The smallest absolute Gasteiger partial charge is 0.390 e. The number of alkyl halides is 3. The summed E-state index contributed by atoms with van der Waals surface area (Å²) in [4.78, 5) is 23.2. The Hall–Kier alpha value is -2.05. The number of ether oxygens (including phenoxy) is 1. The number of anilines is 1. The van der Waals surface area contributed by atoms with Gasteiger partial charge in [0.15, 0.2) is 0 Å². The van der Waals surface area contributed by atoms with Gasteiger partial charge in [-0.25, -0.2) is 9.59 Å². The van der Waals surface area contributed by atoms with Gasteiger partial charge in [0.2, 0.25) is 0 Å². The van der Waals surface area contributed by atoms with Gasteiger partial charge in [-0.3, -0.25) is 0 Å². The number of carbonyl (C=O) groups excluding carboxylic acids is 2. The van der Waals surface area contributed by atoms with E-state index in [9.17, 15) is 22.8 Å². The number of para-hydroxylation sites is 1. The van der Waals surface area contributed by atoms with Crippen molar-refractivity contribution in [1.29, 1.82) is 0 Å². The van der Waals surface area contributed by atoms with E-state index in [4.69, 9.17) is 0 Å². The topological polar surface area (TPSA) is 46.6 Å². The fourth-order valence-corrected chi connectivity index (χ4v) is 1.72. The predicted octanol–water partition coefficient (Wildman–Crippen LogP) is 1.60. The number of benzene rings is 1. The number of morpholine rings is 1. The minimum absolute atomic E-state index is 0.199. The van der Waals surface area contributed by atoms with Gasteiger partial charge >= 0.3 is 18.1 Å². The van der Waals surface area contributed by atoms with Crippen LogP contribution < -0.4 is 4.90 Å². The van der Waals surface area contributed by atoms with Crippen LogP contribution in [-0.4, -0.2) is 25.0 Å². The summed E-state index contributed by atoms with van der Waals surface area (Å²) in [6, 6.07) is 4.78. The maximum absolute atomic E-state index is 12.8. The van der Waals surface area contributed by atoms with Crippen molar-refractivity contribution < 1.29 is 27.5 Å². The molecule has 1 saturated heterocycles. The molecule has 96 valence electrons. The normalized spacial score (nSPS) is 16.7. The van der Waals surface area contributed by atoms with E-state index in [1.165, 1.54) is 18.2 Å². The molecule has 1 aromatic carbocycles. The molecule has 7 heteroatoms. The van der Waals surface area contributed by atoms with Crippen LogP contribution in [0.4, 0.5) is 18.9 Å². The van der Waals surface area contributed by atoms with E-state index in [2.05, 4.69) is 4.74 Å². The number of nitrogens with zero attached hydrogens (tertiary/aromatic N) is 1. The standard InChI is InChI=1S/C11H8F3NO3/c12-11(13,14)7-3-1-2-4-8(7)15-5-9(16)18-10(17)6-15/h1-4H,5-6H2. The van der Waals surface area contributed by atoms with Crippen molar-refractivity contribution in [2.75, 3.05) is 18.0 Å². The largest absolute Gasteiger partial charge is 0.418 e. The third kappa shape index (κ3) is 2.44. The Balaban J connectivity index is 2.39. The van der Waals surface area contributed by atoms with Gasteiger partial charge in [0.1, 0.15) is 13.1 Å². The molecular weight excluding hydrogens is 251 g/mol. The Morgan fingerprint density at radius 2 is 1.61 bits per heavy atom. The highest BCUT2D eigenvalue weighted by Gasteiger charge is 2.36. The zero-order chi connectivity index (χ0) is 13.3. The highest BCUT2D eigenvalue weighted by molar-refractivity contribution is 5.94. The number of hydrogen-bond acceptors (Lipinski definition) is 4. The lowest BCUT2D eigenvalue weighted by Crippen LogP contribution is -2.43. The fourth-order valence-electron chi connectivity index (χ4n) is 1.72. The van der Waals surface area contributed by atoms with Crippen LogP contribution in [0, 0.1) is 0 Å². The van der Waals surface area contributed by atoms with Crippen LogP contribution in [0.15, 0.2) is 24.3 Å². The van der Waals surface area contributed by atoms with E-state index in [1.54, 1.807) is 0 Å². The molecule has 18 heavy (non-hydrogen) atoms. The van der Waals surface area contributed by atoms with Gasteiger partial charge in [0, 0.05) is 5.69 Å². The van der Waals surface area contributed by atoms with E-state index in [1.807, 2.05) is 0 Å². The lowest BCUT2D eigenvalue weighted by atomic mass is 10.1. The van der Waals surface area contributed by atoms with Crippen molar-refractivity contribution in [1.82, 2.24) is 0 Å². The first-order valence-electron chi connectivity index (χ1n) is 5.02. The number of carbonyl (C=O) groups is 2. The van der Waals surface area contributed by atoms with Crippen LogP contribution >= 0.6 is 0 Å². The average molecular weight is 259 g/mol. The molecular formula is C11H8F3NO3. The van der Waals surface area contributed by atoms with Crippen LogP contribution in [0.5, 0.6) is 0 Å². The molecule has 1 heterocycles. The Bertz CT molecular complexity index is 483. The summed E-state index contributed by atoms with van der Waals surface area (Å²) in [5, 5.41) is 0. The number of halogens is 3. The van der Waals surface area contributed by atoms with Crippen molar-refractivity contribution >= 4 is 17.6 Å². The molecule has 1 fully saturated rings. The van der Waals surface area contributed by atoms with Crippen LogP contribution in [-0.2, 0) is 20.5 Å². The summed E-state index contributed by atoms with van der Waals surface area (Å²) in [5.41, 5.74) is -1.08. The van der Waals surface area contributed by atoms with Gasteiger partial charge in [-0.15, -0.1) is 0 Å². The maximum atomic E-state index is 12.8. The summed E-state index contributed by atoms with van der Waals surface area (Å²) in [5.74, 6) is -1.72. The predicted molar refractivity (Wildman–Crippen MR) is 54.8 cm³/mol. The zero-order valence-electron chi connectivity index (χ0n) is 9.03. The molecule has 0 radical (unpaired) electrons. The number of hydrogen-bond donors (Lipinski definition) is 0. The van der Waals surface area contributed by atoms with Crippen molar-refractivity contribution in [3.8, 4) is 0 Å². The first-order chi connectivity index (χ1) is 8.38. The average Bonchev–Trinajstić information content (AvgIpc) is 2.26. The molecule has 0 spiro atoms.